The second kappa shape index (κ2) is 3.81. The highest BCUT2D eigenvalue weighted by molar-refractivity contribution is 6.02. The smallest absolute Gasteiger partial charge is 0.0676 e. The van der Waals surface area contributed by atoms with E-state index in [2.05, 4.69) is 69.3 Å². The topological polar surface area (TPSA) is 12.4 Å². The molecule has 90 valence electrons. The Morgan fingerprint density at radius 2 is 1.61 bits per heavy atom. The van der Waals surface area contributed by atoms with Crippen LogP contribution in [-0.4, -0.2) is 5.71 Å². The SMILES string of the molecule is CC1=Nc2cccc(-c3ccccc3)c2C1(C)C. The molecule has 0 aromatic heterocycles. The molecule has 1 aliphatic rings. The van der Waals surface area contributed by atoms with Gasteiger partial charge < -0.3 is 0 Å². The maximum atomic E-state index is 4.71. The summed E-state index contributed by atoms with van der Waals surface area (Å²) < 4.78 is 0. The molecule has 3 rings (SSSR count). The third-order valence-electron chi connectivity index (χ3n) is 3.94. The lowest BCUT2D eigenvalue weighted by atomic mass is 9.78. The molecular weight excluding hydrogens is 218 g/mol. The van der Waals surface area contributed by atoms with Crippen LogP contribution in [0.2, 0.25) is 0 Å². The van der Waals surface area contributed by atoms with Crippen LogP contribution in [0.3, 0.4) is 0 Å². The van der Waals surface area contributed by atoms with Crippen molar-refractivity contribution in [3.05, 3.63) is 54.1 Å². The third kappa shape index (κ3) is 1.51. The largest absolute Gasteiger partial charge is 0.257 e. The number of aliphatic imine (C=N–C) groups is 1. The molecule has 1 aliphatic heterocycles. The first-order valence-electron chi connectivity index (χ1n) is 6.35. The standard InChI is InChI=1S/C17H17N/c1-12-17(2,3)16-14(10-7-11-15(16)18-12)13-8-5-4-6-9-13/h4-11H,1-3H3. The van der Waals surface area contributed by atoms with Gasteiger partial charge in [-0.2, -0.15) is 0 Å². The second-order valence-corrected chi connectivity index (χ2v) is 5.39. The Kier molecular flexibility index (Phi) is 2.37. The minimum Gasteiger partial charge on any atom is -0.257 e. The van der Waals surface area contributed by atoms with Crippen LogP contribution in [0, 0.1) is 0 Å². The number of hydrogen-bond acceptors (Lipinski definition) is 1. The average molecular weight is 235 g/mol. The Balaban J connectivity index is 2.26. The molecule has 0 fully saturated rings. The predicted molar refractivity (Wildman–Crippen MR) is 77.7 cm³/mol. The van der Waals surface area contributed by atoms with Gasteiger partial charge in [0.1, 0.15) is 0 Å². The number of hydrogen-bond donors (Lipinski definition) is 0. The third-order valence-corrected chi connectivity index (χ3v) is 3.94. The monoisotopic (exact) mass is 235 g/mol. The van der Waals surface area contributed by atoms with Crippen molar-refractivity contribution in [1.29, 1.82) is 0 Å². The summed E-state index contributed by atoms with van der Waals surface area (Å²) in [6.07, 6.45) is 0. The minimum atomic E-state index is 0.0295. The van der Waals surface area contributed by atoms with Crippen LogP contribution < -0.4 is 0 Å². The van der Waals surface area contributed by atoms with Gasteiger partial charge in [0, 0.05) is 11.1 Å². The van der Waals surface area contributed by atoms with Gasteiger partial charge in [-0.1, -0.05) is 56.3 Å². The van der Waals surface area contributed by atoms with Crippen LogP contribution in [0.15, 0.2) is 53.5 Å². The number of rotatable bonds is 1. The van der Waals surface area contributed by atoms with E-state index in [9.17, 15) is 0 Å². The summed E-state index contributed by atoms with van der Waals surface area (Å²) in [6.45, 7) is 6.63. The Bertz CT molecular complexity index is 621. The first-order valence-corrected chi connectivity index (χ1v) is 6.35. The highest BCUT2D eigenvalue weighted by Crippen LogP contribution is 2.45. The lowest BCUT2D eigenvalue weighted by Crippen LogP contribution is -2.23. The molecular formula is C17H17N. The lowest BCUT2D eigenvalue weighted by molar-refractivity contribution is 0.735. The summed E-state index contributed by atoms with van der Waals surface area (Å²) in [4.78, 5) is 4.71. The summed E-state index contributed by atoms with van der Waals surface area (Å²) in [5.74, 6) is 0. The predicted octanol–water partition coefficient (Wildman–Crippen LogP) is 4.74. The molecule has 1 heteroatoms. The van der Waals surface area contributed by atoms with Gasteiger partial charge in [0.15, 0.2) is 0 Å². The fraction of sp³-hybridized carbons (Fsp3) is 0.235. The molecule has 0 N–H and O–H groups in total. The quantitative estimate of drug-likeness (QED) is 0.677. The van der Waals surface area contributed by atoms with Crippen molar-refractivity contribution in [2.45, 2.75) is 26.2 Å². The number of benzene rings is 2. The van der Waals surface area contributed by atoms with Gasteiger partial charge in [-0.05, 0) is 29.7 Å². The van der Waals surface area contributed by atoms with Crippen LogP contribution in [0.5, 0.6) is 0 Å². The second-order valence-electron chi connectivity index (χ2n) is 5.39. The molecule has 18 heavy (non-hydrogen) atoms. The first kappa shape index (κ1) is 11.2. The Hall–Kier alpha value is -1.89. The molecule has 0 saturated heterocycles. The molecule has 0 saturated carbocycles. The van der Waals surface area contributed by atoms with Crippen LogP contribution in [0.4, 0.5) is 5.69 Å². The summed E-state index contributed by atoms with van der Waals surface area (Å²) in [5, 5.41) is 0. The van der Waals surface area contributed by atoms with Gasteiger partial charge in [-0.25, -0.2) is 0 Å². The van der Waals surface area contributed by atoms with Gasteiger partial charge in [-0.15, -0.1) is 0 Å². The van der Waals surface area contributed by atoms with E-state index in [4.69, 9.17) is 4.99 Å². The molecule has 0 bridgehead atoms. The highest BCUT2D eigenvalue weighted by Gasteiger charge is 2.34. The highest BCUT2D eigenvalue weighted by atomic mass is 14.8. The molecule has 1 nitrogen and oxygen atoms in total. The first-order chi connectivity index (χ1) is 8.60. The van der Waals surface area contributed by atoms with Crippen molar-refractivity contribution in [3.63, 3.8) is 0 Å². The molecule has 2 aromatic rings. The van der Waals surface area contributed by atoms with E-state index in [1.807, 2.05) is 0 Å². The summed E-state index contributed by atoms with van der Waals surface area (Å²) in [5.41, 5.74) is 6.28. The van der Waals surface area contributed by atoms with Crippen molar-refractivity contribution in [2.75, 3.05) is 0 Å². The van der Waals surface area contributed by atoms with Gasteiger partial charge in [0.25, 0.3) is 0 Å². The van der Waals surface area contributed by atoms with Crippen molar-refractivity contribution >= 4 is 11.4 Å². The van der Waals surface area contributed by atoms with E-state index in [-0.39, 0.29) is 5.41 Å². The van der Waals surface area contributed by atoms with Gasteiger partial charge in [0.2, 0.25) is 0 Å². The molecule has 0 aliphatic carbocycles. The van der Waals surface area contributed by atoms with Gasteiger partial charge in [0.05, 0.1) is 5.69 Å². The van der Waals surface area contributed by atoms with Crippen molar-refractivity contribution in [1.82, 2.24) is 0 Å². The molecule has 0 unspecified atom stereocenters. The van der Waals surface area contributed by atoms with E-state index < -0.39 is 0 Å². The Morgan fingerprint density at radius 1 is 0.889 bits per heavy atom. The molecule has 0 amide bonds. The normalized spacial score (nSPS) is 16.3. The van der Waals surface area contributed by atoms with E-state index in [0.29, 0.717) is 0 Å². The van der Waals surface area contributed by atoms with Gasteiger partial charge >= 0.3 is 0 Å². The summed E-state index contributed by atoms with van der Waals surface area (Å²) >= 11 is 0. The Labute approximate surface area is 108 Å². The van der Waals surface area contributed by atoms with E-state index in [1.165, 1.54) is 22.4 Å². The van der Waals surface area contributed by atoms with Crippen LogP contribution in [0.1, 0.15) is 26.3 Å². The zero-order valence-electron chi connectivity index (χ0n) is 11.1. The van der Waals surface area contributed by atoms with E-state index in [1.54, 1.807) is 0 Å². The fourth-order valence-electron chi connectivity index (χ4n) is 2.65. The summed E-state index contributed by atoms with van der Waals surface area (Å²) in [7, 11) is 0. The lowest BCUT2D eigenvalue weighted by Gasteiger charge is -2.23. The van der Waals surface area contributed by atoms with Crippen LogP contribution >= 0.6 is 0 Å². The zero-order chi connectivity index (χ0) is 12.8. The van der Waals surface area contributed by atoms with Crippen molar-refractivity contribution in [2.24, 2.45) is 4.99 Å². The summed E-state index contributed by atoms with van der Waals surface area (Å²) in [6, 6.07) is 17.0. The molecule has 2 aromatic carbocycles. The average Bonchev–Trinajstić information content (AvgIpc) is 2.61. The van der Waals surface area contributed by atoms with Crippen LogP contribution in [-0.2, 0) is 5.41 Å². The maximum absolute atomic E-state index is 4.71. The molecule has 0 spiro atoms. The van der Waals surface area contributed by atoms with Gasteiger partial charge in [-0.3, -0.25) is 4.99 Å². The fourth-order valence-corrected chi connectivity index (χ4v) is 2.65. The zero-order valence-corrected chi connectivity index (χ0v) is 11.1. The maximum Gasteiger partial charge on any atom is 0.0676 e. The molecule has 0 atom stereocenters. The number of fused-ring (bicyclic) bond motifs is 1. The Morgan fingerprint density at radius 3 is 2.33 bits per heavy atom. The number of nitrogens with zero attached hydrogens (tertiary/aromatic N) is 1. The van der Waals surface area contributed by atoms with Crippen molar-refractivity contribution in [3.8, 4) is 11.1 Å². The van der Waals surface area contributed by atoms with E-state index >= 15 is 0 Å². The van der Waals surface area contributed by atoms with E-state index in [0.717, 1.165) is 5.69 Å². The molecule has 1 heterocycles. The van der Waals surface area contributed by atoms with Crippen LogP contribution in [0.25, 0.3) is 11.1 Å². The van der Waals surface area contributed by atoms with Crippen molar-refractivity contribution < 1.29 is 0 Å². The molecule has 0 radical (unpaired) electrons. The minimum absolute atomic E-state index is 0.0295.